The predicted molar refractivity (Wildman–Crippen MR) is 98.5 cm³/mol. The normalized spacial score (nSPS) is 25.2. The van der Waals surface area contributed by atoms with Crippen molar-refractivity contribution in [1.82, 2.24) is 15.1 Å². The van der Waals surface area contributed by atoms with Crippen LogP contribution in [0.25, 0.3) is 0 Å². The van der Waals surface area contributed by atoms with Crippen LogP contribution in [0.5, 0.6) is 0 Å². The van der Waals surface area contributed by atoms with Crippen LogP contribution in [0.15, 0.2) is 36.4 Å². The fourth-order valence-electron chi connectivity index (χ4n) is 4.78. The van der Waals surface area contributed by atoms with E-state index in [-0.39, 0.29) is 11.6 Å². The molecule has 0 spiro atoms. The van der Waals surface area contributed by atoms with E-state index >= 15 is 0 Å². The maximum absolute atomic E-state index is 13.0. The van der Waals surface area contributed by atoms with Crippen LogP contribution in [-0.4, -0.2) is 34.7 Å². The van der Waals surface area contributed by atoms with E-state index in [1.54, 1.807) is 6.07 Å². The highest BCUT2D eigenvalue weighted by Gasteiger charge is 2.37. The second-order valence-electron chi connectivity index (χ2n) is 7.90. The molecular weight excluding hydrogens is 332 g/mol. The number of nitrogens with one attached hydrogen (secondary N) is 1. The Kier molecular flexibility index (Phi) is 5.34. The molecule has 2 aromatic rings. The molecule has 1 saturated heterocycles. The van der Waals surface area contributed by atoms with Crippen LogP contribution in [0, 0.1) is 5.92 Å². The van der Waals surface area contributed by atoms with E-state index in [9.17, 15) is 8.78 Å². The Balaban J connectivity index is 1.54. The smallest absolute Gasteiger partial charge is 0.282 e. The molecule has 0 amide bonds. The minimum atomic E-state index is -2.52. The number of H-pyrrole nitrogens is 1. The van der Waals surface area contributed by atoms with E-state index in [4.69, 9.17) is 0 Å². The number of hydrogen-bond donors (Lipinski definition) is 1. The van der Waals surface area contributed by atoms with Crippen molar-refractivity contribution in [3.63, 3.8) is 0 Å². The molecule has 0 unspecified atom stereocenters. The van der Waals surface area contributed by atoms with Crippen molar-refractivity contribution >= 4 is 0 Å². The Morgan fingerprint density at radius 1 is 1.04 bits per heavy atom. The highest BCUT2D eigenvalue weighted by atomic mass is 19.3. The summed E-state index contributed by atoms with van der Waals surface area (Å²) in [6, 6.07) is 12.0. The third-order valence-electron chi connectivity index (χ3n) is 6.10. The lowest BCUT2D eigenvalue weighted by Crippen LogP contribution is -2.28. The van der Waals surface area contributed by atoms with Crippen molar-refractivity contribution in [2.45, 2.75) is 50.4 Å². The van der Waals surface area contributed by atoms with Crippen LogP contribution in [0.4, 0.5) is 8.78 Å². The van der Waals surface area contributed by atoms with Gasteiger partial charge in [0, 0.05) is 37.2 Å². The molecule has 2 heterocycles. The molecule has 4 rings (SSSR count). The first kappa shape index (κ1) is 17.7. The average molecular weight is 359 g/mol. The second kappa shape index (κ2) is 7.87. The molecule has 1 N–H and O–H groups in total. The third-order valence-corrected chi connectivity index (χ3v) is 6.10. The van der Waals surface area contributed by atoms with Crippen molar-refractivity contribution in [3.8, 4) is 0 Å². The number of alkyl halides is 2. The van der Waals surface area contributed by atoms with E-state index in [0.29, 0.717) is 5.92 Å². The summed E-state index contributed by atoms with van der Waals surface area (Å²) in [6.07, 6.45) is 4.21. The molecule has 26 heavy (non-hydrogen) atoms. The van der Waals surface area contributed by atoms with Gasteiger partial charge >= 0.3 is 0 Å². The van der Waals surface area contributed by atoms with Crippen molar-refractivity contribution < 1.29 is 8.78 Å². The first-order valence-electron chi connectivity index (χ1n) is 9.81. The molecule has 1 aromatic carbocycles. The zero-order chi connectivity index (χ0) is 17.9. The number of benzene rings is 1. The van der Waals surface area contributed by atoms with Gasteiger partial charge in [0.2, 0.25) is 0 Å². The van der Waals surface area contributed by atoms with Gasteiger partial charge in [-0.05, 0) is 30.4 Å². The van der Waals surface area contributed by atoms with Gasteiger partial charge in [-0.3, -0.25) is 5.10 Å². The zero-order valence-corrected chi connectivity index (χ0v) is 15.1. The quantitative estimate of drug-likeness (QED) is 0.804. The zero-order valence-electron chi connectivity index (χ0n) is 15.1. The van der Waals surface area contributed by atoms with Gasteiger partial charge < -0.3 is 4.90 Å². The number of aromatic nitrogens is 2. The lowest BCUT2D eigenvalue weighted by Gasteiger charge is -2.26. The summed E-state index contributed by atoms with van der Waals surface area (Å²) in [5.41, 5.74) is 2.00. The van der Waals surface area contributed by atoms with Crippen LogP contribution in [0.1, 0.15) is 67.3 Å². The Bertz CT molecular complexity index is 694. The first-order valence-corrected chi connectivity index (χ1v) is 9.81. The van der Waals surface area contributed by atoms with Gasteiger partial charge in [0.15, 0.2) is 0 Å². The SMILES string of the molecule is FC(F)c1cc([C@@H]2CN(CC3CCCCC3)C[C@H]2c2ccccc2)[nH]n1. The predicted octanol–water partition coefficient (Wildman–Crippen LogP) is 5.11. The second-order valence-corrected chi connectivity index (χ2v) is 7.90. The topological polar surface area (TPSA) is 31.9 Å². The summed E-state index contributed by atoms with van der Waals surface area (Å²) in [5.74, 6) is 1.31. The van der Waals surface area contributed by atoms with Crippen LogP contribution in [0.2, 0.25) is 0 Å². The van der Waals surface area contributed by atoms with Crippen LogP contribution < -0.4 is 0 Å². The summed E-state index contributed by atoms with van der Waals surface area (Å²) in [5, 5.41) is 6.73. The largest absolute Gasteiger partial charge is 0.302 e. The van der Waals surface area contributed by atoms with Gasteiger partial charge in [0.25, 0.3) is 6.43 Å². The van der Waals surface area contributed by atoms with Crippen LogP contribution >= 0.6 is 0 Å². The van der Waals surface area contributed by atoms with Crippen molar-refractivity contribution in [3.05, 3.63) is 53.3 Å². The fourth-order valence-corrected chi connectivity index (χ4v) is 4.78. The highest BCUT2D eigenvalue weighted by molar-refractivity contribution is 5.29. The van der Waals surface area contributed by atoms with E-state index < -0.39 is 6.43 Å². The molecule has 0 bridgehead atoms. The summed E-state index contributed by atoms with van der Waals surface area (Å²) >= 11 is 0. The van der Waals surface area contributed by atoms with Crippen molar-refractivity contribution in [1.29, 1.82) is 0 Å². The van der Waals surface area contributed by atoms with Crippen molar-refractivity contribution in [2.75, 3.05) is 19.6 Å². The molecule has 5 heteroatoms. The van der Waals surface area contributed by atoms with Crippen molar-refractivity contribution in [2.24, 2.45) is 5.92 Å². The number of aromatic amines is 1. The van der Waals surface area contributed by atoms with Crippen LogP contribution in [-0.2, 0) is 0 Å². The van der Waals surface area contributed by atoms with E-state index in [1.165, 1.54) is 37.7 Å². The lowest BCUT2D eigenvalue weighted by atomic mass is 9.87. The summed E-state index contributed by atoms with van der Waals surface area (Å²) in [6.45, 7) is 3.05. The standard InChI is InChI=1S/C21H27F2N3/c22-21(23)20-11-19(24-25-20)18-14-26(12-15-7-3-1-4-8-15)13-17(18)16-9-5-2-6-10-16/h2,5-6,9-11,15,17-18,21H,1,3-4,7-8,12-14H2,(H,24,25)/t17-,18+/m0/s1. The van der Waals surface area contributed by atoms with Gasteiger partial charge in [0.05, 0.1) is 0 Å². The van der Waals surface area contributed by atoms with E-state index in [2.05, 4.69) is 39.4 Å². The minimum Gasteiger partial charge on any atom is -0.302 e. The number of hydrogen-bond acceptors (Lipinski definition) is 2. The molecular formula is C21H27F2N3. The first-order chi connectivity index (χ1) is 12.7. The van der Waals surface area contributed by atoms with E-state index in [0.717, 1.165) is 31.2 Å². The van der Waals surface area contributed by atoms with E-state index in [1.807, 2.05) is 6.07 Å². The molecule has 1 aliphatic heterocycles. The third kappa shape index (κ3) is 3.83. The maximum atomic E-state index is 13.0. The van der Waals surface area contributed by atoms with Gasteiger partial charge in [0.1, 0.15) is 5.69 Å². The molecule has 2 atom stereocenters. The molecule has 140 valence electrons. The Morgan fingerprint density at radius 3 is 2.46 bits per heavy atom. The van der Waals surface area contributed by atoms with Gasteiger partial charge in [-0.15, -0.1) is 0 Å². The number of nitrogens with zero attached hydrogens (tertiary/aromatic N) is 2. The summed E-state index contributed by atoms with van der Waals surface area (Å²) in [7, 11) is 0. The average Bonchev–Trinajstić information content (AvgIpc) is 3.30. The summed E-state index contributed by atoms with van der Waals surface area (Å²) < 4.78 is 26.0. The molecule has 3 nitrogen and oxygen atoms in total. The number of rotatable bonds is 5. The number of likely N-dealkylation sites (tertiary alicyclic amines) is 1. The minimum absolute atomic E-state index is 0.141. The number of halogens is 2. The Hall–Kier alpha value is -1.75. The van der Waals surface area contributed by atoms with Gasteiger partial charge in [-0.2, -0.15) is 5.10 Å². The lowest BCUT2D eigenvalue weighted by molar-refractivity contribution is 0.146. The molecule has 2 fully saturated rings. The van der Waals surface area contributed by atoms with Crippen LogP contribution in [0.3, 0.4) is 0 Å². The molecule has 0 radical (unpaired) electrons. The summed E-state index contributed by atoms with van der Waals surface area (Å²) in [4.78, 5) is 2.54. The fraction of sp³-hybridized carbons (Fsp3) is 0.571. The molecule has 2 aliphatic rings. The maximum Gasteiger partial charge on any atom is 0.282 e. The molecule has 1 saturated carbocycles. The Labute approximate surface area is 153 Å². The Morgan fingerprint density at radius 2 is 1.77 bits per heavy atom. The monoisotopic (exact) mass is 359 g/mol. The van der Waals surface area contributed by atoms with Gasteiger partial charge in [-0.25, -0.2) is 8.78 Å². The van der Waals surface area contributed by atoms with Gasteiger partial charge in [-0.1, -0.05) is 49.6 Å². The highest BCUT2D eigenvalue weighted by Crippen LogP contribution is 2.40. The molecule has 1 aromatic heterocycles. The molecule has 1 aliphatic carbocycles.